The molecule has 4 rings (SSSR count). The van der Waals surface area contributed by atoms with Crippen molar-refractivity contribution in [2.45, 2.75) is 32.3 Å². The summed E-state index contributed by atoms with van der Waals surface area (Å²) in [5, 5.41) is 16.8. The molecule has 0 saturated heterocycles. The van der Waals surface area contributed by atoms with E-state index in [9.17, 15) is 19.2 Å². The van der Waals surface area contributed by atoms with Crippen LogP contribution in [0.15, 0.2) is 96.1 Å². The number of anilines is 2. The number of nitrogens with zero attached hydrogens (tertiary/aromatic N) is 3. The second kappa shape index (κ2) is 21.3. The van der Waals surface area contributed by atoms with Gasteiger partial charge in [-0.1, -0.05) is 66.9 Å². The number of amides is 3. The lowest BCUT2D eigenvalue weighted by atomic mass is 10.1. The zero-order valence-corrected chi connectivity index (χ0v) is 31.2. The van der Waals surface area contributed by atoms with Crippen molar-refractivity contribution in [2.24, 2.45) is 10.7 Å². The number of amidine groups is 2. The molecule has 0 atom stereocenters. The summed E-state index contributed by atoms with van der Waals surface area (Å²) in [6, 6.07) is 23.0. The van der Waals surface area contributed by atoms with E-state index in [4.69, 9.17) is 37.0 Å². The van der Waals surface area contributed by atoms with Crippen LogP contribution in [0.4, 0.5) is 16.3 Å². The van der Waals surface area contributed by atoms with Crippen molar-refractivity contribution < 1.29 is 33.4 Å². The van der Waals surface area contributed by atoms with Gasteiger partial charge in [0.05, 0.1) is 16.3 Å². The van der Waals surface area contributed by atoms with Gasteiger partial charge in [0.2, 0.25) is 0 Å². The SMILES string of the molecule is CN(C)C(=N)c1ccc(C(=O)Nc2ccc(OCC(=O)NCCCCCCN=C(N)OC(=O)OCc3ccccc3)cc2C(=O)Nc2ccc(Cl)cn2)cc1. The first kappa shape index (κ1) is 41.3. The molecule has 1 aromatic heterocycles. The van der Waals surface area contributed by atoms with E-state index in [0.29, 0.717) is 47.9 Å². The predicted molar refractivity (Wildman–Crippen MR) is 210 cm³/mol. The Morgan fingerprint density at radius 3 is 2.31 bits per heavy atom. The van der Waals surface area contributed by atoms with Crippen molar-refractivity contribution in [1.82, 2.24) is 15.2 Å². The number of benzene rings is 3. The van der Waals surface area contributed by atoms with Crippen LogP contribution in [0, 0.1) is 5.41 Å². The van der Waals surface area contributed by atoms with Crippen LogP contribution in [0.25, 0.3) is 0 Å². The largest absolute Gasteiger partial charge is 0.516 e. The lowest BCUT2D eigenvalue weighted by Crippen LogP contribution is -2.29. The van der Waals surface area contributed by atoms with E-state index in [1.54, 1.807) is 49.3 Å². The molecule has 3 amide bonds. The summed E-state index contributed by atoms with van der Waals surface area (Å²) in [6.07, 6.45) is 3.50. The minimum absolute atomic E-state index is 0.0645. The molecule has 3 aromatic carbocycles. The Hall–Kier alpha value is -6.48. The van der Waals surface area contributed by atoms with Gasteiger partial charge in [-0.25, -0.2) is 14.8 Å². The number of aromatic nitrogens is 1. The Labute approximate surface area is 323 Å². The average Bonchev–Trinajstić information content (AvgIpc) is 3.18. The number of nitrogens with one attached hydrogen (secondary N) is 4. The number of aliphatic imine (C=N–C) groups is 1. The maximum atomic E-state index is 13.4. The van der Waals surface area contributed by atoms with Gasteiger partial charge in [0, 0.05) is 44.5 Å². The monoisotopic (exact) mass is 770 g/mol. The highest BCUT2D eigenvalue weighted by molar-refractivity contribution is 6.30. The molecule has 6 N–H and O–H groups in total. The van der Waals surface area contributed by atoms with Crippen LogP contribution in [0.5, 0.6) is 5.75 Å². The summed E-state index contributed by atoms with van der Waals surface area (Å²) in [6.45, 7) is 0.555. The van der Waals surface area contributed by atoms with Gasteiger partial charge in [0.25, 0.3) is 23.7 Å². The molecule has 0 fully saturated rings. The fourth-order valence-corrected chi connectivity index (χ4v) is 4.96. The Bertz CT molecular complexity index is 1960. The predicted octanol–water partition coefficient (Wildman–Crippen LogP) is 5.85. The number of carbonyl (C=O) groups excluding carboxylic acids is 4. The third kappa shape index (κ3) is 14.1. The first-order chi connectivity index (χ1) is 26.5. The summed E-state index contributed by atoms with van der Waals surface area (Å²) < 4.78 is 15.6. The van der Waals surface area contributed by atoms with Crippen LogP contribution in [-0.2, 0) is 20.9 Å². The smallest absolute Gasteiger partial charge is 0.484 e. The molecule has 0 aliphatic rings. The number of rotatable bonds is 17. The molecule has 0 aliphatic carbocycles. The Balaban J connectivity index is 1.22. The molecule has 0 radical (unpaired) electrons. The quantitative estimate of drug-likeness (QED) is 0.0374. The normalized spacial score (nSPS) is 10.9. The third-order valence-corrected chi connectivity index (χ3v) is 7.98. The number of hydrogen-bond donors (Lipinski definition) is 5. The molecule has 15 nitrogen and oxygen atoms in total. The van der Waals surface area contributed by atoms with Crippen molar-refractivity contribution in [1.29, 1.82) is 5.41 Å². The maximum Gasteiger partial charge on any atom is 0.516 e. The Morgan fingerprint density at radius 2 is 1.60 bits per heavy atom. The zero-order valence-electron chi connectivity index (χ0n) is 30.5. The van der Waals surface area contributed by atoms with Gasteiger partial charge in [0.1, 0.15) is 24.0 Å². The molecule has 0 spiro atoms. The Morgan fingerprint density at radius 1 is 0.873 bits per heavy atom. The number of carbonyl (C=O) groups is 4. The lowest BCUT2D eigenvalue weighted by molar-refractivity contribution is -0.123. The number of halogens is 1. The van der Waals surface area contributed by atoms with Gasteiger partial charge < -0.3 is 40.8 Å². The molecular weight excluding hydrogens is 728 g/mol. The van der Waals surface area contributed by atoms with Crippen molar-refractivity contribution in [3.8, 4) is 5.75 Å². The fourth-order valence-electron chi connectivity index (χ4n) is 4.85. The standard InChI is InChI=1S/C39H43ClN8O7/c1-48(2)35(41)27-12-14-28(15-13-27)36(50)46-32-18-17-30(22-31(32)37(51)47-33-19-16-29(40)23-45-33)53-25-34(49)43-20-8-3-4-9-21-44-38(42)55-39(52)54-24-26-10-6-5-7-11-26/h5-7,10-19,22-23,41H,3-4,8-9,20-21,24-25H2,1-2H3,(H2,42,44)(H,43,49)(H,46,50)(H,45,47,51). The first-order valence-electron chi connectivity index (χ1n) is 17.3. The van der Waals surface area contributed by atoms with Gasteiger partial charge in [-0.3, -0.25) is 19.8 Å². The fraction of sp³-hybridized carbons (Fsp3) is 0.256. The van der Waals surface area contributed by atoms with Crippen LogP contribution in [0.3, 0.4) is 0 Å². The van der Waals surface area contributed by atoms with Crippen molar-refractivity contribution in [3.05, 3.63) is 118 Å². The van der Waals surface area contributed by atoms with Crippen molar-refractivity contribution in [2.75, 3.05) is 44.4 Å². The molecule has 16 heteroatoms. The van der Waals surface area contributed by atoms with E-state index in [2.05, 4.69) is 25.9 Å². The number of nitrogens with two attached hydrogens (primary N) is 1. The average molecular weight is 771 g/mol. The van der Waals surface area contributed by atoms with E-state index in [0.717, 1.165) is 18.4 Å². The van der Waals surface area contributed by atoms with Gasteiger partial charge in [-0.15, -0.1) is 0 Å². The van der Waals surface area contributed by atoms with Gasteiger partial charge >= 0.3 is 6.16 Å². The lowest BCUT2D eigenvalue weighted by Gasteiger charge is -2.15. The number of pyridine rings is 1. The first-order valence-corrected chi connectivity index (χ1v) is 17.7. The third-order valence-electron chi connectivity index (χ3n) is 7.75. The van der Waals surface area contributed by atoms with Crippen LogP contribution < -0.4 is 26.4 Å². The minimum atomic E-state index is -0.925. The summed E-state index contributed by atoms with van der Waals surface area (Å²) in [5.41, 5.74) is 7.69. The van der Waals surface area contributed by atoms with Gasteiger partial charge in [-0.05, 0) is 60.9 Å². The molecule has 1 heterocycles. The minimum Gasteiger partial charge on any atom is -0.484 e. The summed E-state index contributed by atoms with van der Waals surface area (Å²) in [5.74, 6) is -0.664. The highest BCUT2D eigenvalue weighted by Gasteiger charge is 2.18. The summed E-state index contributed by atoms with van der Waals surface area (Å²) in [7, 11) is 3.51. The second-order valence-electron chi connectivity index (χ2n) is 12.2. The van der Waals surface area contributed by atoms with E-state index in [1.807, 2.05) is 30.3 Å². The van der Waals surface area contributed by atoms with E-state index in [1.165, 1.54) is 30.5 Å². The number of hydrogen-bond acceptors (Lipinski definition) is 10. The second-order valence-corrected chi connectivity index (χ2v) is 12.6. The summed E-state index contributed by atoms with van der Waals surface area (Å²) >= 11 is 5.93. The van der Waals surface area contributed by atoms with Gasteiger partial charge in [-0.2, -0.15) is 0 Å². The van der Waals surface area contributed by atoms with Crippen molar-refractivity contribution in [3.63, 3.8) is 0 Å². The molecular formula is C39H43ClN8O7. The van der Waals surface area contributed by atoms with Crippen LogP contribution in [-0.4, -0.2) is 79.4 Å². The van der Waals surface area contributed by atoms with Crippen LogP contribution >= 0.6 is 11.6 Å². The molecule has 0 unspecified atom stereocenters. The number of unbranched alkanes of at least 4 members (excludes halogenated alkanes) is 3. The molecule has 55 heavy (non-hydrogen) atoms. The molecule has 0 saturated carbocycles. The van der Waals surface area contributed by atoms with E-state index >= 15 is 0 Å². The van der Waals surface area contributed by atoms with Gasteiger partial charge in [0.15, 0.2) is 6.61 Å². The topological polar surface area (TPSA) is 210 Å². The maximum absolute atomic E-state index is 13.4. The summed E-state index contributed by atoms with van der Waals surface area (Å²) in [4.78, 5) is 60.6. The van der Waals surface area contributed by atoms with E-state index < -0.39 is 18.0 Å². The zero-order chi connectivity index (χ0) is 39.6. The molecule has 288 valence electrons. The molecule has 0 bridgehead atoms. The highest BCUT2D eigenvalue weighted by Crippen LogP contribution is 2.25. The van der Waals surface area contributed by atoms with Crippen LogP contribution in [0.1, 0.15) is 57.5 Å². The highest BCUT2D eigenvalue weighted by atomic mass is 35.5. The number of ether oxygens (including phenoxy) is 3. The van der Waals surface area contributed by atoms with E-state index in [-0.39, 0.29) is 48.0 Å². The van der Waals surface area contributed by atoms with Crippen LogP contribution in [0.2, 0.25) is 5.02 Å². The molecule has 4 aromatic rings. The molecule has 0 aliphatic heterocycles. The Kier molecular flexibility index (Phi) is 16.0. The van der Waals surface area contributed by atoms with Crippen molar-refractivity contribution >= 4 is 58.8 Å².